The van der Waals surface area contributed by atoms with Crippen molar-refractivity contribution in [1.82, 2.24) is 29.1 Å². The van der Waals surface area contributed by atoms with Gasteiger partial charge in [0.25, 0.3) is 5.95 Å². The van der Waals surface area contributed by atoms with Crippen molar-refractivity contribution in [3.63, 3.8) is 0 Å². The van der Waals surface area contributed by atoms with Crippen molar-refractivity contribution in [3.05, 3.63) is 35.6 Å². The average Bonchev–Trinajstić information content (AvgIpc) is 3.52. The Kier molecular flexibility index (Phi) is 5.96. The molecule has 0 spiro atoms. The SMILES string of the molecule is CCc1nn(-c2noc(C3CCN(C[C@@H]4CCN(S(C)(=O)=O)C4)CC3)n2)c2c(F)cccc12. The molecule has 33 heavy (non-hydrogen) atoms. The molecule has 5 rings (SSSR count). The van der Waals surface area contributed by atoms with Crippen molar-refractivity contribution in [1.29, 1.82) is 0 Å². The van der Waals surface area contributed by atoms with Gasteiger partial charge < -0.3 is 9.42 Å². The number of hydrogen-bond acceptors (Lipinski definition) is 7. The van der Waals surface area contributed by atoms with Crippen LogP contribution in [0.3, 0.4) is 0 Å². The molecule has 0 N–H and O–H groups in total. The Morgan fingerprint density at radius 3 is 2.67 bits per heavy atom. The van der Waals surface area contributed by atoms with E-state index >= 15 is 0 Å². The van der Waals surface area contributed by atoms with Crippen LogP contribution in [-0.4, -0.2) is 76.5 Å². The first kappa shape index (κ1) is 22.4. The molecular formula is C22H29FN6O3S. The van der Waals surface area contributed by atoms with Gasteiger partial charge in [0.1, 0.15) is 11.3 Å². The predicted octanol–water partition coefficient (Wildman–Crippen LogP) is 2.57. The smallest absolute Gasteiger partial charge is 0.291 e. The number of sulfonamides is 1. The lowest BCUT2D eigenvalue weighted by Gasteiger charge is -2.32. The summed E-state index contributed by atoms with van der Waals surface area (Å²) in [7, 11) is -3.10. The van der Waals surface area contributed by atoms with Gasteiger partial charge in [0.2, 0.25) is 15.9 Å². The van der Waals surface area contributed by atoms with Gasteiger partial charge in [-0.3, -0.25) is 0 Å². The average molecular weight is 477 g/mol. The second kappa shape index (κ2) is 8.77. The Morgan fingerprint density at radius 2 is 1.97 bits per heavy atom. The highest BCUT2D eigenvalue weighted by Gasteiger charge is 2.32. The molecule has 0 saturated carbocycles. The van der Waals surface area contributed by atoms with Crippen LogP contribution in [0.2, 0.25) is 0 Å². The van der Waals surface area contributed by atoms with Crippen molar-refractivity contribution < 1.29 is 17.3 Å². The number of halogens is 1. The minimum absolute atomic E-state index is 0.149. The minimum Gasteiger partial charge on any atom is -0.337 e. The van der Waals surface area contributed by atoms with Crippen molar-refractivity contribution in [2.45, 2.75) is 38.5 Å². The molecule has 0 radical (unpaired) electrons. The zero-order chi connectivity index (χ0) is 23.2. The molecule has 2 fully saturated rings. The predicted molar refractivity (Wildman–Crippen MR) is 121 cm³/mol. The van der Waals surface area contributed by atoms with Crippen LogP contribution in [0.4, 0.5) is 4.39 Å². The molecule has 0 bridgehead atoms. The Labute approximate surface area is 192 Å². The molecule has 4 heterocycles. The van der Waals surface area contributed by atoms with E-state index in [4.69, 9.17) is 4.52 Å². The number of para-hydroxylation sites is 1. The van der Waals surface area contributed by atoms with Crippen LogP contribution in [0.15, 0.2) is 22.7 Å². The number of piperidine rings is 1. The summed E-state index contributed by atoms with van der Waals surface area (Å²) in [5, 5.41) is 9.39. The minimum atomic E-state index is -3.10. The van der Waals surface area contributed by atoms with E-state index in [0.29, 0.717) is 36.8 Å². The number of aryl methyl sites for hydroxylation is 1. The van der Waals surface area contributed by atoms with Crippen LogP contribution >= 0.6 is 0 Å². The molecule has 2 aliphatic heterocycles. The fourth-order valence-electron chi connectivity index (χ4n) is 5.05. The molecule has 1 atom stereocenters. The third-order valence-electron chi connectivity index (χ3n) is 6.86. The number of nitrogens with zero attached hydrogens (tertiary/aromatic N) is 6. The zero-order valence-electron chi connectivity index (χ0n) is 18.9. The van der Waals surface area contributed by atoms with E-state index in [1.54, 1.807) is 10.4 Å². The van der Waals surface area contributed by atoms with Crippen LogP contribution in [0.1, 0.15) is 43.7 Å². The van der Waals surface area contributed by atoms with Gasteiger partial charge in [0.05, 0.1) is 11.9 Å². The van der Waals surface area contributed by atoms with Crippen molar-refractivity contribution in [2.75, 3.05) is 39.0 Å². The van der Waals surface area contributed by atoms with Gasteiger partial charge in [0, 0.05) is 30.9 Å². The zero-order valence-corrected chi connectivity index (χ0v) is 19.8. The van der Waals surface area contributed by atoms with Crippen LogP contribution in [0.5, 0.6) is 0 Å². The van der Waals surface area contributed by atoms with Crippen molar-refractivity contribution >= 4 is 20.9 Å². The maximum absolute atomic E-state index is 14.6. The lowest BCUT2D eigenvalue weighted by molar-refractivity contribution is 0.172. The van der Waals surface area contributed by atoms with Crippen LogP contribution in [-0.2, 0) is 16.4 Å². The molecule has 178 valence electrons. The number of hydrogen-bond donors (Lipinski definition) is 0. The maximum Gasteiger partial charge on any atom is 0.291 e. The largest absolute Gasteiger partial charge is 0.337 e. The van der Waals surface area contributed by atoms with Crippen LogP contribution in [0, 0.1) is 11.7 Å². The summed E-state index contributed by atoms with van der Waals surface area (Å²) in [5.74, 6) is 0.986. The van der Waals surface area contributed by atoms with Gasteiger partial charge in [-0.25, -0.2) is 17.1 Å². The van der Waals surface area contributed by atoms with E-state index in [1.807, 2.05) is 13.0 Å². The molecule has 1 aromatic carbocycles. The number of benzene rings is 1. The molecule has 11 heteroatoms. The summed E-state index contributed by atoms with van der Waals surface area (Å²) >= 11 is 0. The number of rotatable bonds is 6. The third-order valence-corrected chi connectivity index (χ3v) is 8.13. The first-order valence-electron chi connectivity index (χ1n) is 11.5. The van der Waals surface area contributed by atoms with Gasteiger partial charge in [-0.2, -0.15) is 14.8 Å². The van der Waals surface area contributed by atoms with E-state index in [9.17, 15) is 12.8 Å². The molecule has 2 saturated heterocycles. The Balaban J connectivity index is 1.24. The van der Waals surface area contributed by atoms with Crippen molar-refractivity contribution in [3.8, 4) is 5.95 Å². The van der Waals surface area contributed by atoms with Gasteiger partial charge in [0.15, 0.2) is 0 Å². The standard InChI is InChI=1S/C22H29FN6O3S/c1-3-19-17-5-4-6-18(23)20(17)29(25-19)22-24-21(32-26-22)16-8-10-27(11-9-16)13-15-7-12-28(14-15)33(2,30)31/h4-6,15-16H,3,7-14H2,1-2H3/t15-/m0/s1. The first-order chi connectivity index (χ1) is 15.8. The fraction of sp³-hybridized carbons (Fsp3) is 0.591. The molecule has 2 aromatic heterocycles. The highest BCUT2D eigenvalue weighted by molar-refractivity contribution is 7.88. The molecule has 3 aromatic rings. The summed E-state index contributed by atoms with van der Waals surface area (Å²) in [5.41, 5.74) is 1.17. The van der Waals surface area contributed by atoms with Gasteiger partial charge >= 0.3 is 0 Å². The number of likely N-dealkylation sites (tertiary alicyclic amines) is 1. The first-order valence-corrected chi connectivity index (χ1v) is 13.4. The highest BCUT2D eigenvalue weighted by Crippen LogP contribution is 2.30. The third kappa shape index (κ3) is 4.41. The van der Waals surface area contributed by atoms with Crippen molar-refractivity contribution in [2.24, 2.45) is 5.92 Å². The molecule has 0 amide bonds. The summed E-state index contributed by atoms with van der Waals surface area (Å²) in [6, 6.07) is 4.95. The normalized spacial score (nSPS) is 21.4. The molecular weight excluding hydrogens is 447 g/mol. The highest BCUT2D eigenvalue weighted by atomic mass is 32.2. The maximum atomic E-state index is 14.6. The Morgan fingerprint density at radius 1 is 1.18 bits per heavy atom. The summed E-state index contributed by atoms with van der Waals surface area (Å²) < 4.78 is 46.6. The summed E-state index contributed by atoms with van der Waals surface area (Å²) in [6.07, 6.45) is 4.65. The van der Waals surface area contributed by atoms with Crippen LogP contribution < -0.4 is 0 Å². The van der Waals surface area contributed by atoms with E-state index in [2.05, 4.69) is 20.1 Å². The molecule has 0 unspecified atom stereocenters. The van der Waals surface area contributed by atoms with E-state index in [1.165, 1.54) is 17.0 Å². The fourth-order valence-corrected chi connectivity index (χ4v) is 5.97. The Bertz CT molecular complexity index is 1250. The molecule has 2 aliphatic rings. The second-order valence-electron chi connectivity index (χ2n) is 9.13. The number of fused-ring (bicyclic) bond motifs is 1. The Hall–Kier alpha value is -2.37. The van der Waals surface area contributed by atoms with Gasteiger partial charge in [-0.15, -0.1) is 0 Å². The molecule has 0 aliphatic carbocycles. The van der Waals surface area contributed by atoms with E-state index < -0.39 is 10.0 Å². The van der Waals surface area contributed by atoms with E-state index in [0.717, 1.165) is 50.0 Å². The van der Waals surface area contributed by atoms with E-state index in [-0.39, 0.29) is 17.7 Å². The lowest BCUT2D eigenvalue weighted by atomic mass is 9.95. The topological polar surface area (TPSA) is 97.4 Å². The quantitative estimate of drug-likeness (QED) is 0.539. The lowest BCUT2D eigenvalue weighted by Crippen LogP contribution is -2.37. The molecule has 9 nitrogen and oxygen atoms in total. The summed E-state index contributed by atoms with van der Waals surface area (Å²) in [6.45, 7) is 5.92. The monoisotopic (exact) mass is 476 g/mol. The number of aromatic nitrogens is 4. The second-order valence-corrected chi connectivity index (χ2v) is 11.1. The van der Waals surface area contributed by atoms with Crippen LogP contribution in [0.25, 0.3) is 16.9 Å². The van der Waals surface area contributed by atoms with Gasteiger partial charge in [-0.1, -0.05) is 19.1 Å². The summed E-state index contributed by atoms with van der Waals surface area (Å²) in [4.78, 5) is 6.97. The van der Waals surface area contributed by atoms with Gasteiger partial charge in [-0.05, 0) is 55.9 Å².